The number of benzene rings is 1. The van der Waals surface area contributed by atoms with E-state index >= 15 is 0 Å². The second kappa shape index (κ2) is 6.43. The topological polar surface area (TPSA) is 55.1 Å². The van der Waals surface area contributed by atoms with Crippen molar-refractivity contribution in [2.45, 2.75) is 19.9 Å². The monoisotopic (exact) mass is 228 g/mol. The van der Waals surface area contributed by atoms with Gasteiger partial charge in [-0.25, -0.2) is 0 Å². The summed E-state index contributed by atoms with van der Waals surface area (Å²) >= 11 is 0. The molecule has 1 amide bonds. The Balaban J connectivity index is 0.00000196. The zero-order valence-corrected chi connectivity index (χ0v) is 9.75. The molecule has 1 aromatic rings. The van der Waals surface area contributed by atoms with Crippen LogP contribution in [0.3, 0.4) is 0 Å². The Morgan fingerprint density at radius 1 is 1.27 bits per heavy atom. The number of anilines is 1. The summed E-state index contributed by atoms with van der Waals surface area (Å²) in [4.78, 5) is 11.5. The van der Waals surface area contributed by atoms with Gasteiger partial charge in [0.25, 0.3) is 0 Å². The first-order valence-corrected chi connectivity index (χ1v) is 4.72. The molecular formula is C11H17ClN2O. The Hall–Kier alpha value is -1.06. The molecule has 1 unspecified atom stereocenters. The van der Waals surface area contributed by atoms with Gasteiger partial charge in [-0.15, -0.1) is 12.4 Å². The van der Waals surface area contributed by atoms with Crippen LogP contribution in [-0.2, 0) is 4.79 Å². The van der Waals surface area contributed by atoms with Gasteiger partial charge < -0.3 is 11.1 Å². The second-order valence-electron chi connectivity index (χ2n) is 3.63. The van der Waals surface area contributed by atoms with Crippen molar-refractivity contribution in [2.24, 2.45) is 11.7 Å². The number of amides is 1. The minimum absolute atomic E-state index is 0. The fourth-order valence-electron chi connectivity index (χ4n) is 1.05. The molecule has 0 aliphatic rings. The lowest BCUT2D eigenvalue weighted by molar-refractivity contribution is -0.118. The molecule has 0 saturated heterocycles. The molecule has 0 spiro atoms. The largest absolute Gasteiger partial charge is 0.325 e. The van der Waals surface area contributed by atoms with E-state index in [1.807, 2.05) is 44.2 Å². The standard InChI is InChI=1S/C11H16N2O.ClH/c1-8(2)10(12)11(14)13-9-6-4-3-5-7-9;/h3-8,10H,12H2,1-2H3,(H,13,14);1H. The normalized spacial score (nSPS) is 11.7. The highest BCUT2D eigenvalue weighted by Gasteiger charge is 2.16. The van der Waals surface area contributed by atoms with Crippen LogP contribution in [0, 0.1) is 5.92 Å². The molecule has 0 fully saturated rings. The maximum absolute atomic E-state index is 11.5. The molecule has 84 valence electrons. The summed E-state index contributed by atoms with van der Waals surface area (Å²) in [6.45, 7) is 3.85. The predicted octanol–water partition coefficient (Wildman–Crippen LogP) is 2.03. The van der Waals surface area contributed by atoms with Gasteiger partial charge in [-0.1, -0.05) is 32.0 Å². The van der Waals surface area contributed by atoms with E-state index in [0.29, 0.717) is 0 Å². The number of hydrogen-bond donors (Lipinski definition) is 2. The Bertz CT molecular complexity index is 301. The summed E-state index contributed by atoms with van der Waals surface area (Å²) < 4.78 is 0. The summed E-state index contributed by atoms with van der Waals surface area (Å²) in [5.41, 5.74) is 6.48. The van der Waals surface area contributed by atoms with Crippen LogP contribution in [0.2, 0.25) is 0 Å². The lowest BCUT2D eigenvalue weighted by Crippen LogP contribution is -2.39. The summed E-state index contributed by atoms with van der Waals surface area (Å²) in [6, 6.07) is 8.87. The van der Waals surface area contributed by atoms with Crippen molar-refractivity contribution in [1.29, 1.82) is 0 Å². The molecule has 15 heavy (non-hydrogen) atoms. The smallest absolute Gasteiger partial charge is 0.241 e. The molecule has 1 rings (SSSR count). The number of carbonyl (C=O) groups excluding carboxylic acids is 1. The quantitative estimate of drug-likeness (QED) is 0.832. The lowest BCUT2D eigenvalue weighted by atomic mass is 10.1. The van der Waals surface area contributed by atoms with Crippen LogP contribution in [-0.4, -0.2) is 11.9 Å². The Morgan fingerprint density at radius 2 is 1.80 bits per heavy atom. The summed E-state index contributed by atoms with van der Waals surface area (Å²) in [7, 11) is 0. The maximum Gasteiger partial charge on any atom is 0.241 e. The summed E-state index contributed by atoms with van der Waals surface area (Å²) in [6.07, 6.45) is 0. The fraction of sp³-hybridized carbons (Fsp3) is 0.364. The van der Waals surface area contributed by atoms with Crippen LogP contribution in [0.25, 0.3) is 0 Å². The Kier molecular flexibility index (Phi) is 5.97. The highest BCUT2D eigenvalue weighted by atomic mass is 35.5. The zero-order valence-electron chi connectivity index (χ0n) is 8.94. The molecule has 3 nitrogen and oxygen atoms in total. The predicted molar refractivity (Wildman–Crippen MR) is 65.1 cm³/mol. The number of rotatable bonds is 3. The Morgan fingerprint density at radius 3 is 2.27 bits per heavy atom. The van der Waals surface area contributed by atoms with Crippen LogP contribution in [0.15, 0.2) is 30.3 Å². The molecule has 1 atom stereocenters. The first-order chi connectivity index (χ1) is 6.61. The van der Waals surface area contributed by atoms with Gasteiger partial charge in [0.2, 0.25) is 5.91 Å². The van der Waals surface area contributed by atoms with Crippen LogP contribution >= 0.6 is 12.4 Å². The molecule has 1 aromatic carbocycles. The molecule has 0 heterocycles. The molecule has 0 aliphatic heterocycles. The minimum Gasteiger partial charge on any atom is -0.325 e. The molecule has 0 bridgehead atoms. The highest BCUT2D eigenvalue weighted by molar-refractivity contribution is 5.94. The van der Waals surface area contributed by atoms with Crippen molar-refractivity contribution < 1.29 is 4.79 Å². The van der Waals surface area contributed by atoms with E-state index in [2.05, 4.69) is 5.32 Å². The van der Waals surface area contributed by atoms with E-state index < -0.39 is 6.04 Å². The van der Waals surface area contributed by atoms with Gasteiger partial charge in [0, 0.05) is 5.69 Å². The van der Waals surface area contributed by atoms with Crippen LogP contribution in [0.1, 0.15) is 13.8 Å². The zero-order chi connectivity index (χ0) is 10.6. The molecule has 0 aromatic heterocycles. The third-order valence-electron chi connectivity index (χ3n) is 2.06. The van der Waals surface area contributed by atoms with Gasteiger partial charge >= 0.3 is 0 Å². The van der Waals surface area contributed by atoms with Crippen molar-refractivity contribution in [2.75, 3.05) is 5.32 Å². The second-order valence-corrected chi connectivity index (χ2v) is 3.63. The van der Waals surface area contributed by atoms with Crippen molar-refractivity contribution in [1.82, 2.24) is 0 Å². The third kappa shape index (κ3) is 4.32. The summed E-state index contributed by atoms with van der Waals surface area (Å²) in [5, 5.41) is 2.76. The highest BCUT2D eigenvalue weighted by Crippen LogP contribution is 2.07. The molecule has 0 saturated carbocycles. The van der Waals surface area contributed by atoms with Crippen molar-refractivity contribution in [3.05, 3.63) is 30.3 Å². The van der Waals surface area contributed by atoms with E-state index in [0.717, 1.165) is 5.69 Å². The molecule has 4 heteroatoms. The molecular weight excluding hydrogens is 212 g/mol. The van der Waals surface area contributed by atoms with Crippen molar-refractivity contribution >= 4 is 24.0 Å². The first-order valence-electron chi connectivity index (χ1n) is 4.72. The SMILES string of the molecule is CC(C)C(N)C(=O)Nc1ccccc1.Cl. The van der Waals surface area contributed by atoms with Gasteiger partial charge in [-0.2, -0.15) is 0 Å². The van der Waals surface area contributed by atoms with E-state index in [-0.39, 0.29) is 24.2 Å². The van der Waals surface area contributed by atoms with Gasteiger partial charge in [-0.05, 0) is 18.1 Å². The molecule has 0 radical (unpaired) electrons. The third-order valence-corrected chi connectivity index (χ3v) is 2.06. The van der Waals surface area contributed by atoms with Gasteiger partial charge in [0.1, 0.15) is 0 Å². The number of carbonyl (C=O) groups is 1. The lowest BCUT2D eigenvalue weighted by Gasteiger charge is -2.15. The van der Waals surface area contributed by atoms with Gasteiger partial charge in [0.05, 0.1) is 6.04 Å². The van der Waals surface area contributed by atoms with Crippen LogP contribution in [0.4, 0.5) is 5.69 Å². The molecule has 3 N–H and O–H groups in total. The first kappa shape index (κ1) is 13.9. The number of halogens is 1. The van der Waals surface area contributed by atoms with E-state index in [1.54, 1.807) is 0 Å². The fourth-order valence-corrected chi connectivity index (χ4v) is 1.05. The maximum atomic E-state index is 11.5. The number of nitrogens with two attached hydrogens (primary N) is 1. The Labute approximate surface area is 96.5 Å². The van der Waals surface area contributed by atoms with Gasteiger partial charge in [0.15, 0.2) is 0 Å². The van der Waals surface area contributed by atoms with Gasteiger partial charge in [-0.3, -0.25) is 4.79 Å². The van der Waals surface area contributed by atoms with Crippen LogP contribution in [0.5, 0.6) is 0 Å². The van der Waals surface area contributed by atoms with Crippen molar-refractivity contribution in [3.8, 4) is 0 Å². The molecule has 0 aliphatic carbocycles. The van der Waals surface area contributed by atoms with Crippen LogP contribution < -0.4 is 11.1 Å². The summed E-state index contributed by atoms with van der Waals surface area (Å²) in [5.74, 6) is 0.0184. The van der Waals surface area contributed by atoms with E-state index in [9.17, 15) is 4.79 Å². The minimum atomic E-state index is -0.449. The number of hydrogen-bond acceptors (Lipinski definition) is 2. The average molecular weight is 229 g/mol. The van der Waals surface area contributed by atoms with Crippen molar-refractivity contribution in [3.63, 3.8) is 0 Å². The van der Waals surface area contributed by atoms with E-state index in [4.69, 9.17) is 5.73 Å². The van der Waals surface area contributed by atoms with E-state index in [1.165, 1.54) is 0 Å². The number of nitrogens with one attached hydrogen (secondary N) is 1. The average Bonchev–Trinajstić information content (AvgIpc) is 2.18. The number of para-hydroxylation sites is 1.